The number of carbonyl (C=O) groups excluding carboxylic acids is 1. The van der Waals surface area contributed by atoms with Gasteiger partial charge in [0.25, 0.3) is 0 Å². The van der Waals surface area contributed by atoms with E-state index in [4.69, 9.17) is 0 Å². The molecule has 2 aromatic rings. The van der Waals surface area contributed by atoms with Gasteiger partial charge in [0.05, 0.1) is 0 Å². The fourth-order valence-corrected chi connectivity index (χ4v) is 1.68. The highest BCUT2D eigenvalue weighted by atomic mass is 16.4. The van der Waals surface area contributed by atoms with E-state index in [9.17, 15) is 15.0 Å². The van der Waals surface area contributed by atoms with Crippen LogP contribution in [0.25, 0.3) is 11.1 Å². The number of rotatable bonds is 3. The van der Waals surface area contributed by atoms with Gasteiger partial charge in [-0.1, -0.05) is 36.4 Å². The summed E-state index contributed by atoms with van der Waals surface area (Å²) in [5, 5.41) is 19.7. The van der Waals surface area contributed by atoms with Gasteiger partial charge in [0.15, 0.2) is 0 Å². The van der Waals surface area contributed by atoms with E-state index in [1.54, 1.807) is 36.4 Å². The van der Waals surface area contributed by atoms with Crippen molar-refractivity contribution >= 4 is 5.97 Å². The van der Waals surface area contributed by atoms with Gasteiger partial charge in [0, 0.05) is 12.4 Å². The predicted molar refractivity (Wildman–Crippen MR) is 62.3 cm³/mol. The number of carbonyl (C=O) groups is 1. The Bertz CT molecular complexity index is 529. The largest absolute Gasteiger partial charge is 0.550 e. The third kappa shape index (κ3) is 2.84. The lowest BCUT2D eigenvalue weighted by atomic mass is 10.0. The Morgan fingerprint density at radius 3 is 2.41 bits per heavy atom. The van der Waals surface area contributed by atoms with Crippen LogP contribution in [0.2, 0.25) is 0 Å². The van der Waals surface area contributed by atoms with E-state index in [-0.39, 0.29) is 12.2 Å². The van der Waals surface area contributed by atoms with Crippen LogP contribution in [0.1, 0.15) is 5.56 Å². The fraction of sp³-hybridized carbons (Fsp3) is 0.0714. The van der Waals surface area contributed by atoms with E-state index in [1.165, 1.54) is 0 Å². The summed E-state index contributed by atoms with van der Waals surface area (Å²) in [4.78, 5) is 10.5. The fourth-order valence-electron chi connectivity index (χ4n) is 1.68. The number of hydrogen-bond donors (Lipinski definition) is 1. The molecular formula is C14H11O3-. The first kappa shape index (κ1) is 11.2. The maximum atomic E-state index is 10.5. The monoisotopic (exact) mass is 227 g/mol. The average molecular weight is 227 g/mol. The van der Waals surface area contributed by atoms with Crippen molar-refractivity contribution in [2.24, 2.45) is 0 Å². The molecular weight excluding hydrogens is 216 g/mol. The molecule has 3 nitrogen and oxygen atoms in total. The minimum atomic E-state index is -1.09. The van der Waals surface area contributed by atoms with Crippen LogP contribution in [0.3, 0.4) is 0 Å². The predicted octanol–water partition coefficient (Wildman–Crippen LogP) is 1.35. The highest BCUT2D eigenvalue weighted by Gasteiger charge is 2.00. The van der Waals surface area contributed by atoms with Crippen molar-refractivity contribution in [3.63, 3.8) is 0 Å². The van der Waals surface area contributed by atoms with Crippen molar-refractivity contribution in [1.29, 1.82) is 0 Å². The average Bonchev–Trinajstić information content (AvgIpc) is 2.29. The number of carboxylic acid groups (broad SMARTS) is 1. The number of aromatic hydroxyl groups is 1. The first-order valence-corrected chi connectivity index (χ1v) is 5.23. The molecule has 0 saturated heterocycles. The summed E-state index contributed by atoms with van der Waals surface area (Å²) in [5.74, 6) is -0.882. The van der Waals surface area contributed by atoms with Crippen molar-refractivity contribution in [2.45, 2.75) is 6.42 Å². The van der Waals surface area contributed by atoms with Crippen LogP contribution in [0.5, 0.6) is 5.75 Å². The molecule has 0 fully saturated rings. The molecule has 0 atom stereocenters. The quantitative estimate of drug-likeness (QED) is 0.861. The second-order valence-electron chi connectivity index (χ2n) is 3.80. The van der Waals surface area contributed by atoms with Crippen molar-refractivity contribution < 1.29 is 15.0 Å². The Hall–Kier alpha value is -2.29. The molecule has 0 aliphatic heterocycles. The van der Waals surface area contributed by atoms with Crippen molar-refractivity contribution in [3.05, 3.63) is 54.1 Å². The maximum absolute atomic E-state index is 10.5. The van der Waals surface area contributed by atoms with Gasteiger partial charge in [0.1, 0.15) is 5.75 Å². The summed E-state index contributed by atoms with van der Waals surface area (Å²) in [6.07, 6.45) is -0.0913. The van der Waals surface area contributed by atoms with E-state index in [0.29, 0.717) is 5.56 Å². The van der Waals surface area contributed by atoms with Gasteiger partial charge in [-0.25, -0.2) is 0 Å². The number of carboxylic acids is 1. The molecule has 2 rings (SSSR count). The smallest absolute Gasteiger partial charge is 0.115 e. The molecule has 17 heavy (non-hydrogen) atoms. The van der Waals surface area contributed by atoms with Crippen LogP contribution in [0.4, 0.5) is 0 Å². The van der Waals surface area contributed by atoms with Crippen molar-refractivity contribution in [1.82, 2.24) is 0 Å². The van der Waals surface area contributed by atoms with E-state index in [1.807, 2.05) is 12.1 Å². The first-order chi connectivity index (χ1) is 8.15. The van der Waals surface area contributed by atoms with Crippen LogP contribution < -0.4 is 5.11 Å². The molecule has 3 heteroatoms. The Morgan fingerprint density at radius 2 is 1.76 bits per heavy atom. The summed E-state index contributed by atoms with van der Waals surface area (Å²) >= 11 is 0. The van der Waals surface area contributed by atoms with E-state index in [0.717, 1.165) is 11.1 Å². The van der Waals surface area contributed by atoms with E-state index in [2.05, 4.69) is 0 Å². The van der Waals surface area contributed by atoms with Crippen LogP contribution in [0, 0.1) is 0 Å². The van der Waals surface area contributed by atoms with Crippen molar-refractivity contribution in [3.8, 4) is 16.9 Å². The van der Waals surface area contributed by atoms with Crippen LogP contribution in [-0.2, 0) is 11.2 Å². The lowest BCUT2D eigenvalue weighted by molar-refractivity contribution is -0.304. The number of aliphatic carboxylic acids is 1. The summed E-state index contributed by atoms with van der Waals surface area (Å²) < 4.78 is 0. The minimum absolute atomic E-state index is 0.0913. The SMILES string of the molecule is O=C([O-])Cc1cccc(-c2ccc(O)cc2)c1. The van der Waals surface area contributed by atoms with Crippen LogP contribution in [-0.4, -0.2) is 11.1 Å². The highest BCUT2D eigenvalue weighted by molar-refractivity contribution is 5.70. The molecule has 0 aliphatic rings. The standard InChI is InChI=1S/C14H12O3/c15-13-6-4-11(5-7-13)12-3-1-2-10(8-12)9-14(16)17/h1-8,15H,9H2,(H,16,17)/p-1. The lowest BCUT2D eigenvalue weighted by Gasteiger charge is -2.06. The maximum Gasteiger partial charge on any atom is 0.115 e. The topological polar surface area (TPSA) is 60.4 Å². The van der Waals surface area contributed by atoms with Gasteiger partial charge in [-0.05, 0) is 28.8 Å². The second-order valence-corrected chi connectivity index (χ2v) is 3.80. The highest BCUT2D eigenvalue weighted by Crippen LogP contribution is 2.22. The molecule has 0 spiro atoms. The van der Waals surface area contributed by atoms with Crippen LogP contribution in [0.15, 0.2) is 48.5 Å². The number of phenolic OH excluding ortho intramolecular Hbond substituents is 1. The summed E-state index contributed by atoms with van der Waals surface area (Å²) in [7, 11) is 0. The Balaban J connectivity index is 2.32. The van der Waals surface area contributed by atoms with Gasteiger partial charge in [-0.3, -0.25) is 0 Å². The molecule has 0 aliphatic carbocycles. The Morgan fingerprint density at radius 1 is 1.06 bits per heavy atom. The summed E-state index contributed by atoms with van der Waals surface area (Å²) in [6.45, 7) is 0. The molecule has 1 N–H and O–H groups in total. The third-order valence-corrected chi connectivity index (χ3v) is 2.48. The Kier molecular flexibility index (Phi) is 3.10. The molecule has 0 heterocycles. The summed E-state index contributed by atoms with van der Waals surface area (Å²) in [6, 6.07) is 14.0. The Labute approximate surface area is 99.0 Å². The molecule has 0 radical (unpaired) electrons. The van der Waals surface area contributed by atoms with E-state index < -0.39 is 5.97 Å². The number of hydrogen-bond acceptors (Lipinski definition) is 3. The molecule has 0 amide bonds. The third-order valence-electron chi connectivity index (χ3n) is 2.48. The number of benzene rings is 2. The number of phenols is 1. The molecule has 0 bridgehead atoms. The zero-order valence-electron chi connectivity index (χ0n) is 9.09. The van der Waals surface area contributed by atoms with Gasteiger partial charge < -0.3 is 15.0 Å². The lowest BCUT2D eigenvalue weighted by Crippen LogP contribution is -2.24. The zero-order chi connectivity index (χ0) is 12.3. The van der Waals surface area contributed by atoms with Crippen LogP contribution >= 0.6 is 0 Å². The first-order valence-electron chi connectivity index (χ1n) is 5.23. The molecule has 2 aromatic carbocycles. The molecule has 86 valence electrons. The molecule has 0 saturated carbocycles. The van der Waals surface area contributed by atoms with E-state index >= 15 is 0 Å². The van der Waals surface area contributed by atoms with Crippen molar-refractivity contribution in [2.75, 3.05) is 0 Å². The minimum Gasteiger partial charge on any atom is -0.550 e. The zero-order valence-corrected chi connectivity index (χ0v) is 9.09. The van der Waals surface area contributed by atoms with Gasteiger partial charge in [-0.15, -0.1) is 0 Å². The van der Waals surface area contributed by atoms with Gasteiger partial charge >= 0.3 is 0 Å². The molecule has 0 unspecified atom stereocenters. The second kappa shape index (κ2) is 4.70. The van der Waals surface area contributed by atoms with Gasteiger partial charge in [0.2, 0.25) is 0 Å². The summed E-state index contributed by atoms with van der Waals surface area (Å²) in [5.41, 5.74) is 2.56. The molecule has 0 aromatic heterocycles. The van der Waals surface area contributed by atoms with Gasteiger partial charge in [-0.2, -0.15) is 0 Å². The normalized spacial score (nSPS) is 10.1.